The van der Waals surface area contributed by atoms with Crippen molar-refractivity contribution < 1.29 is 14.7 Å². The zero-order valence-corrected chi connectivity index (χ0v) is 10.8. The van der Waals surface area contributed by atoms with Gasteiger partial charge in [0.25, 0.3) is 0 Å². The molecule has 0 aliphatic rings. The van der Waals surface area contributed by atoms with Crippen LogP contribution in [0.4, 0.5) is 5.69 Å². The molecule has 2 N–H and O–H groups in total. The number of carbonyl (C=O) groups excluding carboxylic acids is 1. The van der Waals surface area contributed by atoms with Crippen molar-refractivity contribution in [2.45, 2.75) is 19.4 Å². The van der Waals surface area contributed by atoms with Crippen LogP contribution < -0.4 is 5.32 Å². The third-order valence-electron chi connectivity index (χ3n) is 2.72. The molecule has 0 saturated heterocycles. The molecule has 0 unspecified atom stereocenters. The van der Waals surface area contributed by atoms with Gasteiger partial charge in [0.1, 0.15) is 0 Å². The number of carboxylic acid groups (broad SMARTS) is 1. The number of nitrogens with zero attached hydrogens (tertiary/aromatic N) is 2. The molecule has 104 valence electrons. The van der Waals surface area contributed by atoms with Crippen LogP contribution in [0.15, 0.2) is 42.7 Å². The highest BCUT2D eigenvalue weighted by atomic mass is 16.4. The summed E-state index contributed by atoms with van der Waals surface area (Å²) in [5.41, 5.74) is 1.36. The van der Waals surface area contributed by atoms with Gasteiger partial charge in [-0.3, -0.25) is 14.3 Å². The van der Waals surface area contributed by atoms with E-state index >= 15 is 0 Å². The summed E-state index contributed by atoms with van der Waals surface area (Å²) < 4.78 is 1.69. The quantitative estimate of drug-likeness (QED) is 0.836. The van der Waals surface area contributed by atoms with Crippen LogP contribution in [0.25, 0.3) is 0 Å². The van der Waals surface area contributed by atoms with Crippen molar-refractivity contribution in [1.82, 2.24) is 9.78 Å². The second kappa shape index (κ2) is 6.51. The Labute approximate surface area is 116 Å². The van der Waals surface area contributed by atoms with E-state index in [4.69, 9.17) is 5.11 Å². The summed E-state index contributed by atoms with van der Waals surface area (Å²) >= 11 is 0. The van der Waals surface area contributed by atoms with E-state index in [0.717, 1.165) is 0 Å². The predicted molar refractivity (Wildman–Crippen MR) is 73.3 cm³/mol. The molecule has 6 nitrogen and oxygen atoms in total. The number of rotatable bonds is 6. The monoisotopic (exact) mass is 273 g/mol. The number of hydrogen-bond acceptors (Lipinski definition) is 3. The van der Waals surface area contributed by atoms with E-state index in [0.29, 0.717) is 24.2 Å². The van der Waals surface area contributed by atoms with Crippen molar-refractivity contribution in [2.24, 2.45) is 0 Å². The Bertz CT molecular complexity index is 576. The fourth-order valence-electron chi connectivity index (χ4n) is 1.75. The van der Waals surface area contributed by atoms with Crippen molar-refractivity contribution in [3.63, 3.8) is 0 Å². The number of aliphatic carboxylic acids is 1. The smallest absolute Gasteiger partial charge is 0.307 e. The number of amides is 1. The maximum atomic E-state index is 11.7. The number of benzene rings is 1. The standard InChI is InChI=1S/C14H15N3O3/c18-13(6-9-17-8-1-7-15-17)16-12-4-2-11(3-5-12)10-14(19)20/h1-5,7-8H,6,9-10H2,(H,16,18)(H,19,20). The van der Waals surface area contributed by atoms with Crippen molar-refractivity contribution in [1.29, 1.82) is 0 Å². The predicted octanol–water partition coefficient (Wildman–Crippen LogP) is 1.54. The molecule has 0 fully saturated rings. The molecular weight excluding hydrogens is 258 g/mol. The van der Waals surface area contributed by atoms with Crippen molar-refractivity contribution in [3.8, 4) is 0 Å². The normalized spacial score (nSPS) is 10.2. The lowest BCUT2D eigenvalue weighted by atomic mass is 10.1. The number of anilines is 1. The molecule has 2 aromatic rings. The molecule has 2 rings (SSSR count). The summed E-state index contributed by atoms with van der Waals surface area (Å²) in [5, 5.41) is 15.4. The third kappa shape index (κ3) is 4.24. The van der Waals surface area contributed by atoms with Gasteiger partial charge in [-0.05, 0) is 23.8 Å². The fourth-order valence-corrected chi connectivity index (χ4v) is 1.75. The van der Waals surface area contributed by atoms with Crippen LogP contribution >= 0.6 is 0 Å². The van der Waals surface area contributed by atoms with Crippen LogP contribution in [0.3, 0.4) is 0 Å². The lowest BCUT2D eigenvalue weighted by molar-refractivity contribution is -0.136. The summed E-state index contributed by atoms with van der Waals surface area (Å²) in [4.78, 5) is 22.3. The Balaban J connectivity index is 1.83. The minimum atomic E-state index is -0.874. The molecule has 6 heteroatoms. The Hall–Kier alpha value is -2.63. The first kappa shape index (κ1) is 13.8. The Morgan fingerprint density at radius 1 is 1.25 bits per heavy atom. The van der Waals surface area contributed by atoms with Crippen LogP contribution in [-0.2, 0) is 22.6 Å². The van der Waals surface area contributed by atoms with E-state index in [2.05, 4.69) is 10.4 Å². The number of carbonyl (C=O) groups is 2. The Morgan fingerprint density at radius 2 is 2.00 bits per heavy atom. The molecule has 0 aliphatic carbocycles. The highest BCUT2D eigenvalue weighted by molar-refractivity contribution is 5.90. The van der Waals surface area contributed by atoms with Crippen LogP contribution in [0.5, 0.6) is 0 Å². The molecule has 0 bridgehead atoms. The lowest BCUT2D eigenvalue weighted by Crippen LogP contribution is -2.14. The minimum absolute atomic E-state index is 0.0203. The van der Waals surface area contributed by atoms with E-state index < -0.39 is 5.97 Å². The maximum Gasteiger partial charge on any atom is 0.307 e. The lowest BCUT2D eigenvalue weighted by Gasteiger charge is -2.06. The van der Waals surface area contributed by atoms with Crippen molar-refractivity contribution >= 4 is 17.6 Å². The van der Waals surface area contributed by atoms with E-state index in [-0.39, 0.29) is 12.3 Å². The van der Waals surface area contributed by atoms with E-state index in [1.165, 1.54) is 0 Å². The van der Waals surface area contributed by atoms with E-state index in [1.807, 2.05) is 0 Å². The second-order valence-corrected chi connectivity index (χ2v) is 4.33. The summed E-state index contributed by atoms with van der Waals surface area (Å²) in [6.45, 7) is 0.524. The number of hydrogen-bond donors (Lipinski definition) is 2. The summed E-state index contributed by atoms with van der Waals surface area (Å²) in [7, 11) is 0. The number of aromatic nitrogens is 2. The van der Waals surface area contributed by atoms with Gasteiger partial charge in [-0.2, -0.15) is 5.10 Å². The van der Waals surface area contributed by atoms with Gasteiger partial charge in [-0.15, -0.1) is 0 Å². The molecule has 0 spiro atoms. The second-order valence-electron chi connectivity index (χ2n) is 4.33. The Morgan fingerprint density at radius 3 is 2.60 bits per heavy atom. The van der Waals surface area contributed by atoms with Gasteiger partial charge in [0.15, 0.2) is 0 Å². The number of nitrogens with one attached hydrogen (secondary N) is 1. The van der Waals surface area contributed by atoms with E-state index in [9.17, 15) is 9.59 Å². The molecular formula is C14H15N3O3. The van der Waals surface area contributed by atoms with Gasteiger partial charge in [0.05, 0.1) is 6.42 Å². The zero-order valence-electron chi connectivity index (χ0n) is 10.8. The van der Waals surface area contributed by atoms with E-state index in [1.54, 1.807) is 47.4 Å². The first-order valence-corrected chi connectivity index (χ1v) is 6.21. The molecule has 1 aromatic heterocycles. The van der Waals surface area contributed by atoms with Gasteiger partial charge in [0.2, 0.25) is 5.91 Å². The van der Waals surface area contributed by atoms with Gasteiger partial charge in [-0.1, -0.05) is 12.1 Å². The highest BCUT2D eigenvalue weighted by Crippen LogP contribution is 2.10. The van der Waals surface area contributed by atoms with Crippen molar-refractivity contribution in [3.05, 3.63) is 48.3 Å². The van der Waals surface area contributed by atoms with Gasteiger partial charge < -0.3 is 10.4 Å². The summed E-state index contributed by atoms with van der Waals surface area (Å²) in [5.74, 6) is -0.979. The molecule has 0 aliphatic heterocycles. The first-order valence-electron chi connectivity index (χ1n) is 6.21. The molecule has 0 saturated carbocycles. The molecule has 1 amide bonds. The van der Waals surface area contributed by atoms with Crippen LogP contribution in [-0.4, -0.2) is 26.8 Å². The number of aryl methyl sites for hydroxylation is 1. The maximum absolute atomic E-state index is 11.7. The highest BCUT2D eigenvalue weighted by Gasteiger charge is 2.04. The van der Waals surface area contributed by atoms with Gasteiger partial charge in [-0.25, -0.2) is 0 Å². The molecule has 1 aromatic carbocycles. The van der Waals surface area contributed by atoms with Crippen LogP contribution in [0.1, 0.15) is 12.0 Å². The van der Waals surface area contributed by atoms with Crippen molar-refractivity contribution in [2.75, 3.05) is 5.32 Å². The first-order chi connectivity index (χ1) is 9.63. The molecule has 1 heterocycles. The average Bonchev–Trinajstić information content (AvgIpc) is 2.91. The molecule has 0 radical (unpaired) electrons. The minimum Gasteiger partial charge on any atom is -0.481 e. The SMILES string of the molecule is O=C(O)Cc1ccc(NC(=O)CCn2cccn2)cc1. The van der Waals surface area contributed by atoms with Crippen LogP contribution in [0, 0.1) is 0 Å². The third-order valence-corrected chi connectivity index (χ3v) is 2.72. The van der Waals surface area contributed by atoms with Gasteiger partial charge >= 0.3 is 5.97 Å². The molecule has 20 heavy (non-hydrogen) atoms. The zero-order chi connectivity index (χ0) is 14.4. The average molecular weight is 273 g/mol. The topological polar surface area (TPSA) is 84.2 Å². The van der Waals surface area contributed by atoms with Crippen LogP contribution in [0.2, 0.25) is 0 Å². The summed E-state index contributed by atoms with van der Waals surface area (Å²) in [6.07, 6.45) is 3.78. The largest absolute Gasteiger partial charge is 0.481 e. The number of carboxylic acids is 1. The fraction of sp³-hybridized carbons (Fsp3) is 0.214. The van der Waals surface area contributed by atoms with Gasteiger partial charge in [0, 0.05) is 31.0 Å². The Kier molecular flexibility index (Phi) is 4.49. The summed E-state index contributed by atoms with van der Waals surface area (Å²) in [6, 6.07) is 8.59. The molecule has 0 atom stereocenters.